The van der Waals surface area contributed by atoms with Crippen LogP contribution in [0.4, 0.5) is 0 Å². The van der Waals surface area contributed by atoms with E-state index in [0.29, 0.717) is 12.3 Å². The topological polar surface area (TPSA) is 56.8 Å². The second-order valence-corrected chi connectivity index (χ2v) is 3.39. The van der Waals surface area contributed by atoms with Crippen molar-refractivity contribution >= 4 is 5.91 Å². The van der Waals surface area contributed by atoms with E-state index in [4.69, 9.17) is 14.2 Å². The zero-order valence-electron chi connectivity index (χ0n) is 10.3. The van der Waals surface area contributed by atoms with E-state index in [2.05, 4.69) is 5.32 Å². The molecule has 0 bridgehead atoms. The molecule has 0 heterocycles. The first-order valence-corrected chi connectivity index (χ1v) is 5.17. The Morgan fingerprint density at radius 3 is 2.59 bits per heavy atom. The van der Waals surface area contributed by atoms with Crippen molar-refractivity contribution in [2.75, 3.05) is 27.9 Å². The number of hydrogen-bond donors (Lipinski definition) is 1. The summed E-state index contributed by atoms with van der Waals surface area (Å²) in [4.78, 5) is 11.3. The Bertz CT molecular complexity index is 379. The maximum absolute atomic E-state index is 11.3. The number of ether oxygens (including phenoxy) is 3. The van der Waals surface area contributed by atoms with E-state index in [1.807, 2.05) is 6.07 Å². The predicted octanol–water partition coefficient (Wildman–Crippen LogP) is 0.966. The van der Waals surface area contributed by atoms with Crippen molar-refractivity contribution < 1.29 is 19.0 Å². The lowest BCUT2D eigenvalue weighted by Crippen LogP contribution is -2.26. The molecule has 1 N–H and O–H groups in total. The standard InChI is InChI=1S/C12H17NO4/c1-15-8-12(14)13-7-9-6-10(16-2)4-5-11(9)17-3/h4-6H,7-8H2,1-3H3,(H,13,14). The first-order valence-electron chi connectivity index (χ1n) is 5.17. The van der Waals surface area contributed by atoms with E-state index >= 15 is 0 Å². The van der Waals surface area contributed by atoms with Gasteiger partial charge in [0.25, 0.3) is 0 Å². The van der Waals surface area contributed by atoms with Crippen LogP contribution >= 0.6 is 0 Å². The molecule has 0 aliphatic rings. The van der Waals surface area contributed by atoms with Crippen molar-refractivity contribution in [3.05, 3.63) is 23.8 Å². The number of hydrogen-bond acceptors (Lipinski definition) is 4. The lowest BCUT2D eigenvalue weighted by molar-refractivity contribution is -0.124. The second-order valence-electron chi connectivity index (χ2n) is 3.39. The normalized spacial score (nSPS) is 9.82. The molecule has 0 atom stereocenters. The van der Waals surface area contributed by atoms with Gasteiger partial charge in [-0.25, -0.2) is 0 Å². The van der Waals surface area contributed by atoms with Crippen molar-refractivity contribution in [3.63, 3.8) is 0 Å². The quantitative estimate of drug-likeness (QED) is 0.803. The molecule has 0 fully saturated rings. The van der Waals surface area contributed by atoms with E-state index in [1.54, 1.807) is 26.4 Å². The predicted molar refractivity (Wildman–Crippen MR) is 63.3 cm³/mol. The van der Waals surface area contributed by atoms with Crippen LogP contribution in [0.25, 0.3) is 0 Å². The summed E-state index contributed by atoms with van der Waals surface area (Å²) in [6.07, 6.45) is 0. The molecule has 1 amide bonds. The van der Waals surface area contributed by atoms with Crippen molar-refractivity contribution in [1.82, 2.24) is 5.32 Å². The van der Waals surface area contributed by atoms with E-state index in [0.717, 1.165) is 11.3 Å². The van der Waals surface area contributed by atoms with Gasteiger partial charge in [-0.1, -0.05) is 0 Å². The summed E-state index contributed by atoms with van der Waals surface area (Å²) >= 11 is 0. The smallest absolute Gasteiger partial charge is 0.246 e. The summed E-state index contributed by atoms with van der Waals surface area (Å²) in [5.41, 5.74) is 0.858. The maximum Gasteiger partial charge on any atom is 0.246 e. The number of methoxy groups -OCH3 is 3. The summed E-state index contributed by atoms with van der Waals surface area (Å²) in [5, 5.41) is 2.73. The Balaban J connectivity index is 2.70. The zero-order chi connectivity index (χ0) is 12.7. The van der Waals surface area contributed by atoms with Gasteiger partial charge in [0.15, 0.2) is 0 Å². The fraction of sp³-hybridized carbons (Fsp3) is 0.417. The average molecular weight is 239 g/mol. The van der Waals surface area contributed by atoms with Gasteiger partial charge in [-0.15, -0.1) is 0 Å². The second kappa shape index (κ2) is 6.75. The highest BCUT2D eigenvalue weighted by Crippen LogP contribution is 2.23. The number of benzene rings is 1. The van der Waals surface area contributed by atoms with Gasteiger partial charge in [-0.2, -0.15) is 0 Å². The molecule has 1 aromatic carbocycles. The number of nitrogens with one attached hydrogen (secondary N) is 1. The van der Waals surface area contributed by atoms with Gasteiger partial charge in [-0.3, -0.25) is 4.79 Å². The molecule has 5 heteroatoms. The van der Waals surface area contributed by atoms with Gasteiger partial charge in [-0.05, 0) is 18.2 Å². The third-order valence-electron chi connectivity index (χ3n) is 2.24. The van der Waals surface area contributed by atoms with Crippen LogP contribution in [0.3, 0.4) is 0 Å². The van der Waals surface area contributed by atoms with E-state index in [-0.39, 0.29) is 12.5 Å². The summed E-state index contributed by atoms with van der Waals surface area (Å²) in [5.74, 6) is 1.27. The molecule has 0 saturated heterocycles. The summed E-state index contributed by atoms with van der Waals surface area (Å²) < 4.78 is 15.0. The van der Waals surface area contributed by atoms with Crippen LogP contribution in [0.15, 0.2) is 18.2 Å². The molecule has 0 saturated carbocycles. The highest BCUT2D eigenvalue weighted by molar-refractivity contribution is 5.77. The van der Waals surface area contributed by atoms with Gasteiger partial charge in [0.1, 0.15) is 18.1 Å². The summed E-state index contributed by atoms with van der Waals surface area (Å²) in [6.45, 7) is 0.425. The molecule has 1 rings (SSSR count). The molecule has 94 valence electrons. The highest BCUT2D eigenvalue weighted by atomic mass is 16.5. The number of rotatable bonds is 6. The Hall–Kier alpha value is -1.75. The van der Waals surface area contributed by atoms with Crippen LogP contribution in [0.2, 0.25) is 0 Å². The lowest BCUT2D eigenvalue weighted by Gasteiger charge is -2.11. The minimum Gasteiger partial charge on any atom is -0.497 e. The Labute approximate surface area is 101 Å². The van der Waals surface area contributed by atoms with Crippen LogP contribution in [0.1, 0.15) is 5.56 Å². The molecule has 0 aliphatic heterocycles. The molecule has 0 unspecified atom stereocenters. The first kappa shape index (κ1) is 13.3. The summed E-state index contributed by atoms with van der Waals surface area (Å²) in [6, 6.07) is 5.43. The largest absolute Gasteiger partial charge is 0.497 e. The van der Waals surface area contributed by atoms with Crippen molar-refractivity contribution in [3.8, 4) is 11.5 Å². The SMILES string of the molecule is COCC(=O)NCc1cc(OC)ccc1OC. The molecule has 1 aromatic rings. The third-order valence-corrected chi connectivity index (χ3v) is 2.24. The molecule has 0 aromatic heterocycles. The fourth-order valence-electron chi connectivity index (χ4n) is 1.40. The van der Waals surface area contributed by atoms with Crippen LogP contribution in [0, 0.1) is 0 Å². The van der Waals surface area contributed by atoms with Crippen LogP contribution in [-0.2, 0) is 16.1 Å². The third kappa shape index (κ3) is 3.96. The molecule has 17 heavy (non-hydrogen) atoms. The van der Waals surface area contributed by atoms with Gasteiger partial charge < -0.3 is 19.5 Å². The first-order chi connectivity index (χ1) is 8.21. The van der Waals surface area contributed by atoms with E-state index < -0.39 is 0 Å². The maximum atomic E-state index is 11.3. The molecule has 0 aliphatic carbocycles. The molecule has 0 radical (unpaired) electrons. The number of amides is 1. The van der Waals surface area contributed by atoms with Gasteiger partial charge in [0.05, 0.1) is 14.2 Å². The van der Waals surface area contributed by atoms with Crippen LogP contribution < -0.4 is 14.8 Å². The minimum absolute atomic E-state index is 0.0479. The lowest BCUT2D eigenvalue weighted by atomic mass is 10.2. The summed E-state index contributed by atoms with van der Waals surface area (Å²) in [7, 11) is 4.66. The van der Waals surface area contributed by atoms with Gasteiger partial charge >= 0.3 is 0 Å². The minimum atomic E-state index is -0.169. The van der Waals surface area contributed by atoms with E-state index in [9.17, 15) is 4.79 Å². The van der Waals surface area contributed by atoms with Crippen LogP contribution in [-0.4, -0.2) is 33.8 Å². The fourth-order valence-corrected chi connectivity index (χ4v) is 1.40. The zero-order valence-corrected chi connectivity index (χ0v) is 10.3. The Kier molecular flexibility index (Phi) is 5.29. The monoisotopic (exact) mass is 239 g/mol. The molecule has 0 spiro atoms. The van der Waals surface area contributed by atoms with Crippen molar-refractivity contribution in [2.24, 2.45) is 0 Å². The number of carbonyl (C=O) groups is 1. The highest BCUT2D eigenvalue weighted by Gasteiger charge is 2.06. The number of carbonyl (C=O) groups excluding carboxylic acids is 1. The molecule has 5 nitrogen and oxygen atoms in total. The molecular weight excluding hydrogens is 222 g/mol. The van der Waals surface area contributed by atoms with Crippen LogP contribution in [0.5, 0.6) is 11.5 Å². The van der Waals surface area contributed by atoms with Gasteiger partial charge in [0.2, 0.25) is 5.91 Å². The van der Waals surface area contributed by atoms with E-state index in [1.165, 1.54) is 7.11 Å². The average Bonchev–Trinajstić information content (AvgIpc) is 2.36. The van der Waals surface area contributed by atoms with Gasteiger partial charge in [0, 0.05) is 19.2 Å². The Morgan fingerprint density at radius 2 is 2.00 bits per heavy atom. The van der Waals surface area contributed by atoms with Crippen molar-refractivity contribution in [2.45, 2.75) is 6.54 Å². The van der Waals surface area contributed by atoms with Crippen molar-refractivity contribution in [1.29, 1.82) is 0 Å². The molecular formula is C12H17NO4. The Morgan fingerprint density at radius 1 is 1.24 bits per heavy atom.